The van der Waals surface area contributed by atoms with Crippen molar-refractivity contribution < 1.29 is 9.90 Å². The average Bonchev–Trinajstić information content (AvgIpc) is 2.39. The normalized spacial score (nSPS) is 13.7. The molecule has 4 nitrogen and oxygen atoms in total. The van der Waals surface area contributed by atoms with Gasteiger partial charge in [0, 0.05) is 5.69 Å². The molecule has 0 aliphatic heterocycles. The molecule has 0 saturated carbocycles. The first-order valence-electron chi connectivity index (χ1n) is 6.82. The first-order chi connectivity index (χ1) is 9.04. The monoisotopic (exact) mass is 264 g/mol. The highest BCUT2D eigenvalue weighted by molar-refractivity contribution is 5.90. The van der Waals surface area contributed by atoms with Gasteiger partial charge in [-0.3, -0.25) is 0 Å². The SMILES string of the molecule is CCCC(C)(CO)NC(=O)Nc1ccccc1CC. The highest BCUT2D eigenvalue weighted by Gasteiger charge is 2.24. The summed E-state index contributed by atoms with van der Waals surface area (Å²) in [7, 11) is 0. The van der Waals surface area contributed by atoms with E-state index in [-0.39, 0.29) is 12.6 Å². The molecule has 4 heteroatoms. The van der Waals surface area contributed by atoms with E-state index in [9.17, 15) is 9.90 Å². The largest absolute Gasteiger partial charge is 0.394 e. The van der Waals surface area contributed by atoms with Crippen LogP contribution in [0.15, 0.2) is 24.3 Å². The molecule has 1 unspecified atom stereocenters. The molecule has 3 N–H and O–H groups in total. The van der Waals surface area contributed by atoms with Crippen LogP contribution < -0.4 is 10.6 Å². The fraction of sp³-hybridized carbons (Fsp3) is 0.533. The number of nitrogens with one attached hydrogen (secondary N) is 2. The van der Waals surface area contributed by atoms with Gasteiger partial charge in [0.2, 0.25) is 0 Å². The number of hydrogen-bond acceptors (Lipinski definition) is 2. The number of aryl methyl sites for hydroxylation is 1. The van der Waals surface area contributed by atoms with E-state index in [1.54, 1.807) is 0 Å². The first kappa shape index (κ1) is 15.5. The second-order valence-electron chi connectivity index (χ2n) is 5.06. The zero-order valence-electron chi connectivity index (χ0n) is 12.0. The van der Waals surface area contributed by atoms with Gasteiger partial charge < -0.3 is 15.7 Å². The fourth-order valence-electron chi connectivity index (χ4n) is 2.11. The van der Waals surface area contributed by atoms with Crippen molar-refractivity contribution in [1.29, 1.82) is 0 Å². The molecule has 19 heavy (non-hydrogen) atoms. The Labute approximate surface area is 115 Å². The molecule has 1 aromatic carbocycles. The van der Waals surface area contributed by atoms with Gasteiger partial charge in [-0.05, 0) is 31.4 Å². The van der Waals surface area contributed by atoms with Gasteiger partial charge in [0.05, 0.1) is 12.1 Å². The number of urea groups is 1. The molecule has 1 aromatic rings. The predicted molar refractivity (Wildman–Crippen MR) is 78.4 cm³/mol. The number of aliphatic hydroxyl groups is 1. The molecule has 0 saturated heterocycles. The van der Waals surface area contributed by atoms with Gasteiger partial charge in [-0.2, -0.15) is 0 Å². The van der Waals surface area contributed by atoms with Gasteiger partial charge in [0.1, 0.15) is 0 Å². The van der Waals surface area contributed by atoms with Crippen LogP contribution in [0.1, 0.15) is 39.2 Å². The van der Waals surface area contributed by atoms with Crippen LogP contribution in [0.5, 0.6) is 0 Å². The first-order valence-corrected chi connectivity index (χ1v) is 6.82. The van der Waals surface area contributed by atoms with Crippen molar-refractivity contribution in [3.8, 4) is 0 Å². The van der Waals surface area contributed by atoms with Crippen LogP contribution in [0.4, 0.5) is 10.5 Å². The summed E-state index contributed by atoms with van der Waals surface area (Å²) in [6.07, 6.45) is 2.51. The van der Waals surface area contributed by atoms with Crippen LogP contribution in [-0.4, -0.2) is 23.3 Å². The maximum atomic E-state index is 12.0. The number of amides is 2. The second-order valence-corrected chi connectivity index (χ2v) is 5.06. The van der Waals surface area contributed by atoms with Crippen LogP contribution in [-0.2, 0) is 6.42 Å². The molecule has 1 atom stereocenters. The van der Waals surface area contributed by atoms with Crippen molar-refractivity contribution in [2.75, 3.05) is 11.9 Å². The minimum atomic E-state index is -0.569. The molecule has 0 aliphatic rings. The van der Waals surface area contributed by atoms with Crippen molar-refractivity contribution in [3.63, 3.8) is 0 Å². The number of para-hydroxylation sites is 1. The number of benzene rings is 1. The zero-order valence-corrected chi connectivity index (χ0v) is 12.0. The summed E-state index contributed by atoms with van der Waals surface area (Å²) < 4.78 is 0. The Morgan fingerprint density at radius 3 is 2.58 bits per heavy atom. The van der Waals surface area contributed by atoms with Crippen molar-refractivity contribution >= 4 is 11.7 Å². The van der Waals surface area contributed by atoms with Crippen LogP contribution in [0.3, 0.4) is 0 Å². The van der Waals surface area contributed by atoms with E-state index in [1.807, 2.05) is 45.0 Å². The molecule has 0 aliphatic carbocycles. The molecule has 2 amide bonds. The minimum absolute atomic E-state index is 0.0658. The quantitative estimate of drug-likeness (QED) is 0.740. The third-order valence-corrected chi connectivity index (χ3v) is 3.21. The van der Waals surface area contributed by atoms with Gasteiger partial charge >= 0.3 is 6.03 Å². The Hall–Kier alpha value is -1.55. The molecule has 0 spiro atoms. The van der Waals surface area contributed by atoms with E-state index in [4.69, 9.17) is 0 Å². The zero-order chi connectivity index (χ0) is 14.3. The van der Waals surface area contributed by atoms with Gasteiger partial charge in [-0.1, -0.05) is 38.5 Å². The van der Waals surface area contributed by atoms with Crippen LogP contribution in [0.2, 0.25) is 0 Å². The molecule has 0 aromatic heterocycles. The van der Waals surface area contributed by atoms with E-state index in [2.05, 4.69) is 10.6 Å². The van der Waals surface area contributed by atoms with Gasteiger partial charge in [0.15, 0.2) is 0 Å². The highest BCUT2D eigenvalue weighted by Crippen LogP contribution is 2.16. The second kappa shape index (κ2) is 7.14. The lowest BCUT2D eigenvalue weighted by Gasteiger charge is -2.28. The van der Waals surface area contributed by atoms with Gasteiger partial charge in [-0.25, -0.2) is 4.79 Å². The summed E-state index contributed by atoms with van der Waals surface area (Å²) in [6.45, 7) is 5.86. The Bertz CT molecular complexity index is 420. The summed E-state index contributed by atoms with van der Waals surface area (Å²) in [5, 5.41) is 15.1. The lowest BCUT2D eigenvalue weighted by Crippen LogP contribution is -2.50. The van der Waals surface area contributed by atoms with Crippen molar-refractivity contribution in [2.24, 2.45) is 0 Å². The number of carbonyl (C=O) groups excluding carboxylic acids is 1. The van der Waals surface area contributed by atoms with Crippen LogP contribution in [0, 0.1) is 0 Å². The summed E-state index contributed by atoms with van der Waals surface area (Å²) in [4.78, 5) is 12.0. The standard InChI is InChI=1S/C15H24N2O2/c1-4-10-15(3,11-18)17-14(19)16-13-9-7-6-8-12(13)5-2/h6-9,18H,4-5,10-11H2,1-3H3,(H2,16,17,19). The maximum Gasteiger partial charge on any atom is 0.319 e. The van der Waals surface area contributed by atoms with Crippen molar-refractivity contribution in [2.45, 2.75) is 45.6 Å². The molecule has 0 radical (unpaired) electrons. The summed E-state index contributed by atoms with van der Waals surface area (Å²) >= 11 is 0. The molecular weight excluding hydrogens is 240 g/mol. The molecule has 106 valence electrons. The van der Waals surface area contributed by atoms with Gasteiger partial charge in [0.25, 0.3) is 0 Å². The van der Waals surface area contributed by atoms with Crippen LogP contribution >= 0.6 is 0 Å². The predicted octanol–water partition coefficient (Wildman–Crippen LogP) is 2.92. The number of carbonyl (C=O) groups is 1. The lowest BCUT2D eigenvalue weighted by atomic mass is 9.97. The minimum Gasteiger partial charge on any atom is -0.394 e. The average molecular weight is 264 g/mol. The molecule has 0 bridgehead atoms. The number of hydrogen-bond donors (Lipinski definition) is 3. The van der Waals surface area contributed by atoms with Crippen molar-refractivity contribution in [3.05, 3.63) is 29.8 Å². The Morgan fingerprint density at radius 1 is 1.32 bits per heavy atom. The van der Waals surface area contributed by atoms with Crippen LogP contribution in [0.25, 0.3) is 0 Å². The number of rotatable bonds is 6. The topological polar surface area (TPSA) is 61.4 Å². The maximum absolute atomic E-state index is 12.0. The molecular formula is C15H24N2O2. The Morgan fingerprint density at radius 2 is 2.00 bits per heavy atom. The van der Waals surface area contributed by atoms with Crippen molar-refractivity contribution in [1.82, 2.24) is 5.32 Å². The summed E-state index contributed by atoms with van der Waals surface area (Å²) in [6, 6.07) is 7.45. The van der Waals surface area contributed by atoms with E-state index in [1.165, 1.54) is 0 Å². The van der Waals surface area contributed by atoms with Gasteiger partial charge in [-0.15, -0.1) is 0 Å². The summed E-state index contributed by atoms with van der Waals surface area (Å²) in [5.41, 5.74) is 1.35. The third kappa shape index (κ3) is 4.56. The van der Waals surface area contributed by atoms with E-state index in [0.717, 1.165) is 30.5 Å². The highest BCUT2D eigenvalue weighted by atomic mass is 16.3. The third-order valence-electron chi connectivity index (χ3n) is 3.21. The van der Waals surface area contributed by atoms with E-state index < -0.39 is 5.54 Å². The Balaban J connectivity index is 2.69. The molecule has 0 heterocycles. The number of aliphatic hydroxyl groups excluding tert-OH is 1. The molecule has 0 fully saturated rings. The smallest absolute Gasteiger partial charge is 0.319 e. The summed E-state index contributed by atoms with van der Waals surface area (Å²) in [5.74, 6) is 0. The fourth-order valence-corrected chi connectivity index (χ4v) is 2.11. The number of anilines is 1. The molecule has 1 rings (SSSR count). The lowest BCUT2D eigenvalue weighted by molar-refractivity contribution is 0.167. The van der Waals surface area contributed by atoms with E-state index >= 15 is 0 Å². The van der Waals surface area contributed by atoms with E-state index in [0.29, 0.717) is 0 Å². The Kier molecular flexibility index (Phi) is 5.83.